The molecule has 38 heavy (non-hydrogen) atoms. The topological polar surface area (TPSA) is 137 Å². The Labute approximate surface area is 218 Å². The lowest BCUT2D eigenvalue weighted by atomic mass is 10.2. The maximum Gasteiger partial charge on any atom is 0.257 e. The van der Waals surface area contributed by atoms with Crippen LogP contribution < -0.4 is 20.5 Å². The number of phenolic OH excluding ortho intramolecular Hbond substituents is 1. The summed E-state index contributed by atoms with van der Waals surface area (Å²) < 4.78 is 12.0. The number of rotatable bonds is 8. The number of anilines is 1. The fraction of sp³-hybridized carbons (Fsp3) is 0.143. The number of nitrogen functional groups attached to an aromatic ring is 1. The van der Waals surface area contributed by atoms with Gasteiger partial charge in [-0.2, -0.15) is 9.78 Å². The number of phenols is 1. The molecule has 192 valence electrons. The summed E-state index contributed by atoms with van der Waals surface area (Å²) in [6.07, 6.45) is 1.55. The number of nitrogens with one attached hydrogen (secondary N) is 1. The third kappa shape index (κ3) is 4.79. The molecule has 0 radical (unpaired) electrons. The lowest BCUT2D eigenvalue weighted by molar-refractivity contribution is 0.0953. The number of carbonyl (C=O) groups is 1. The molecule has 3 aromatic carbocycles. The molecule has 10 nitrogen and oxygen atoms in total. The van der Waals surface area contributed by atoms with E-state index in [4.69, 9.17) is 25.2 Å². The molecule has 4 N–H and O–H groups in total. The van der Waals surface area contributed by atoms with E-state index in [9.17, 15) is 9.90 Å². The summed E-state index contributed by atoms with van der Waals surface area (Å²) in [4.78, 5) is 22.8. The standard InChI is InChI=1S/C28H26N6O4/c1-3-38-23-14-18(10-13-22(23)35)16-31-34-26(29)24(25-27(34)33-21-7-5-4-6-20(21)32-25)28(36)30-15-17-8-11-19(37-2)12-9-17/h4-14,16,35H,3,15,29H2,1-2H3,(H,30,36). The summed E-state index contributed by atoms with van der Waals surface area (Å²) in [5.41, 5.74) is 10.2. The fourth-order valence-electron chi connectivity index (χ4n) is 4.01. The number of aromatic nitrogens is 3. The van der Waals surface area contributed by atoms with Crippen molar-refractivity contribution in [2.75, 3.05) is 19.5 Å². The van der Waals surface area contributed by atoms with E-state index >= 15 is 0 Å². The first kappa shape index (κ1) is 24.6. The maximum atomic E-state index is 13.4. The van der Waals surface area contributed by atoms with E-state index in [0.29, 0.717) is 40.1 Å². The van der Waals surface area contributed by atoms with Crippen molar-refractivity contribution in [1.29, 1.82) is 0 Å². The van der Waals surface area contributed by atoms with Gasteiger partial charge in [-0.3, -0.25) is 4.79 Å². The molecule has 5 rings (SSSR count). The van der Waals surface area contributed by atoms with Crippen LogP contribution in [0.2, 0.25) is 0 Å². The highest BCUT2D eigenvalue weighted by atomic mass is 16.5. The number of benzene rings is 3. The van der Waals surface area contributed by atoms with Crippen molar-refractivity contribution in [2.45, 2.75) is 13.5 Å². The minimum atomic E-state index is -0.398. The van der Waals surface area contributed by atoms with E-state index < -0.39 is 5.91 Å². The first-order chi connectivity index (χ1) is 18.5. The number of nitrogens with two attached hydrogens (primary N) is 1. The third-order valence-corrected chi connectivity index (χ3v) is 5.92. The Morgan fingerprint density at radius 3 is 2.55 bits per heavy atom. The molecular weight excluding hydrogens is 484 g/mol. The second kappa shape index (κ2) is 10.5. The van der Waals surface area contributed by atoms with Crippen LogP contribution in [-0.2, 0) is 6.54 Å². The van der Waals surface area contributed by atoms with Crippen LogP contribution in [0.5, 0.6) is 17.2 Å². The van der Waals surface area contributed by atoms with Crippen LogP contribution in [0, 0.1) is 0 Å². The highest BCUT2D eigenvalue weighted by Crippen LogP contribution is 2.29. The zero-order valence-corrected chi connectivity index (χ0v) is 20.9. The van der Waals surface area contributed by atoms with Crippen molar-refractivity contribution in [3.05, 3.63) is 83.4 Å². The summed E-state index contributed by atoms with van der Waals surface area (Å²) in [6, 6.07) is 19.6. The SMILES string of the molecule is CCOc1cc(C=Nn2c(N)c(C(=O)NCc3ccc(OC)cc3)c3nc4ccccc4nc32)ccc1O. The summed E-state index contributed by atoms with van der Waals surface area (Å²) >= 11 is 0. The van der Waals surface area contributed by atoms with Gasteiger partial charge in [-0.15, -0.1) is 0 Å². The molecular formula is C28H26N6O4. The molecule has 0 aliphatic rings. The zero-order chi connectivity index (χ0) is 26.6. The average molecular weight is 511 g/mol. The van der Waals surface area contributed by atoms with Gasteiger partial charge in [-0.1, -0.05) is 24.3 Å². The number of aromatic hydroxyl groups is 1. The molecule has 0 saturated carbocycles. The van der Waals surface area contributed by atoms with Crippen molar-refractivity contribution in [3.8, 4) is 17.2 Å². The van der Waals surface area contributed by atoms with E-state index in [1.807, 2.05) is 55.5 Å². The Bertz CT molecular complexity index is 1660. The fourth-order valence-corrected chi connectivity index (χ4v) is 4.01. The zero-order valence-electron chi connectivity index (χ0n) is 20.9. The van der Waals surface area contributed by atoms with Crippen LogP contribution in [0.15, 0.2) is 71.8 Å². The van der Waals surface area contributed by atoms with Crippen molar-refractivity contribution >= 4 is 40.1 Å². The van der Waals surface area contributed by atoms with E-state index in [-0.39, 0.29) is 23.7 Å². The van der Waals surface area contributed by atoms with Gasteiger partial charge in [-0.05, 0) is 60.5 Å². The second-order valence-corrected chi connectivity index (χ2v) is 8.39. The molecule has 2 aromatic heterocycles. The highest BCUT2D eigenvalue weighted by Gasteiger charge is 2.24. The summed E-state index contributed by atoms with van der Waals surface area (Å²) in [7, 11) is 1.60. The Balaban J connectivity index is 1.54. The first-order valence-corrected chi connectivity index (χ1v) is 12.0. The van der Waals surface area contributed by atoms with Crippen LogP contribution in [0.4, 0.5) is 5.82 Å². The number of nitrogens with zero attached hydrogens (tertiary/aromatic N) is 4. The number of carbonyl (C=O) groups excluding carboxylic acids is 1. The van der Waals surface area contributed by atoms with Crippen molar-refractivity contribution < 1.29 is 19.4 Å². The number of ether oxygens (including phenoxy) is 2. The van der Waals surface area contributed by atoms with Gasteiger partial charge in [0.2, 0.25) is 0 Å². The largest absolute Gasteiger partial charge is 0.504 e. The van der Waals surface area contributed by atoms with Gasteiger partial charge in [0.25, 0.3) is 5.91 Å². The molecule has 0 spiro atoms. The molecule has 0 atom stereocenters. The molecule has 1 amide bonds. The Morgan fingerprint density at radius 2 is 1.84 bits per heavy atom. The predicted octanol–water partition coefficient (Wildman–Crippen LogP) is 4.09. The van der Waals surface area contributed by atoms with Crippen molar-refractivity contribution in [3.63, 3.8) is 0 Å². The maximum absolute atomic E-state index is 13.4. The quantitative estimate of drug-likeness (QED) is 0.267. The highest BCUT2D eigenvalue weighted by molar-refractivity contribution is 6.10. The Kier molecular flexibility index (Phi) is 6.77. The molecule has 0 aliphatic heterocycles. The van der Waals surface area contributed by atoms with Gasteiger partial charge < -0.3 is 25.6 Å². The smallest absolute Gasteiger partial charge is 0.257 e. The van der Waals surface area contributed by atoms with Crippen LogP contribution in [0.3, 0.4) is 0 Å². The van der Waals surface area contributed by atoms with Gasteiger partial charge >= 0.3 is 0 Å². The lowest BCUT2D eigenvalue weighted by Gasteiger charge is -2.07. The molecule has 0 fully saturated rings. The number of methoxy groups -OCH3 is 1. The number of fused-ring (bicyclic) bond motifs is 2. The summed E-state index contributed by atoms with van der Waals surface area (Å²) in [5, 5.41) is 17.4. The van der Waals surface area contributed by atoms with E-state index in [2.05, 4.69) is 10.4 Å². The van der Waals surface area contributed by atoms with Crippen molar-refractivity contribution in [1.82, 2.24) is 20.0 Å². The number of hydrogen-bond acceptors (Lipinski definition) is 8. The van der Waals surface area contributed by atoms with Crippen molar-refractivity contribution in [2.24, 2.45) is 5.10 Å². The van der Waals surface area contributed by atoms with Gasteiger partial charge in [0.1, 0.15) is 22.6 Å². The summed E-state index contributed by atoms with van der Waals surface area (Å²) in [6.45, 7) is 2.52. The van der Waals surface area contributed by atoms with Gasteiger partial charge in [0.15, 0.2) is 17.1 Å². The first-order valence-electron chi connectivity index (χ1n) is 12.0. The Hall–Kier alpha value is -5.12. The van der Waals surface area contributed by atoms with E-state index in [1.165, 1.54) is 10.7 Å². The normalized spacial score (nSPS) is 11.3. The molecule has 0 saturated heterocycles. The molecule has 0 bridgehead atoms. The van der Waals surface area contributed by atoms with Crippen LogP contribution in [0.25, 0.3) is 22.2 Å². The van der Waals surface area contributed by atoms with Gasteiger partial charge in [-0.25, -0.2) is 9.97 Å². The van der Waals surface area contributed by atoms with Crippen LogP contribution in [0.1, 0.15) is 28.4 Å². The number of amides is 1. The predicted molar refractivity (Wildman–Crippen MR) is 146 cm³/mol. The van der Waals surface area contributed by atoms with Crippen LogP contribution in [-0.4, -0.2) is 45.6 Å². The second-order valence-electron chi connectivity index (χ2n) is 8.39. The monoisotopic (exact) mass is 510 g/mol. The van der Waals surface area contributed by atoms with E-state index in [1.54, 1.807) is 25.5 Å². The third-order valence-electron chi connectivity index (χ3n) is 5.92. The molecule has 0 unspecified atom stereocenters. The molecule has 5 aromatic rings. The number of para-hydroxylation sites is 2. The minimum absolute atomic E-state index is 0.0306. The molecule has 0 aliphatic carbocycles. The number of hydrogen-bond donors (Lipinski definition) is 3. The lowest BCUT2D eigenvalue weighted by Crippen LogP contribution is -2.23. The van der Waals surface area contributed by atoms with Crippen LogP contribution >= 0.6 is 0 Å². The van der Waals surface area contributed by atoms with E-state index in [0.717, 1.165) is 11.3 Å². The average Bonchev–Trinajstić information content (AvgIpc) is 3.21. The minimum Gasteiger partial charge on any atom is -0.504 e. The Morgan fingerprint density at radius 1 is 1.11 bits per heavy atom. The summed E-state index contributed by atoms with van der Waals surface area (Å²) in [5.74, 6) is 0.802. The molecule has 2 heterocycles. The van der Waals surface area contributed by atoms with Gasteiger partial charge in [0, 0.05) is 6.54 Å². The molecule has 10 heteroatoms. The van der Waals surface area contributed by atoms with Gasteiger partial charge in [0.05, 0.1) is 31.0 Å².